The minimum Gasteiger partial charge on any atom is -0.466 e. The van der Waals surface area contributed by atoms with Crippen LogP contribution in [0.4, 0.5) is 5.13 Å². The summed E-state index contributed by atoms with van der Waals surface area (Å²) < 4.78 is 5.64. The molecule has 2 N–H and O–H groups in total. The van der Waals surface area contributed by atoms with Crippen LogP contribution in [0.3, 0.4) is 0 Å². The van der Waals surface area contributed by atoms with Gasteiger partial charge in [-0.05, 0) is 37.0 Å². The van der Waals surface area contributed by atoms with Gasteiger partial charge in [-0.2, -0.15) is 0 Å². The van der Waals surface area contributed by atoms with Gasteiger partial charge in [0.2, 0.25) is 5.13 Å². The number of nitrogen functional groups attached to an aromatic ring is 1. The lowest BCUT2D eigenvalue weighted by Gasteiger charge is -2.20. The summed E-state index contributed by atoms with van der Waals surface area (Å²) in [6.07, 6.45) is 6.47. The summed E-state index contributed by atoms with van der Waals surface area (Å²) in [7, 11) is 0. The van der Waals surface area contributed by atoms with Crippen molar-refractivity contribution in [3.05, 3.63) is 0 Å². The van der Waals surface area contributed by atoms with Crippen LogP contribution in [0.1, 0.15) is 32.1 Å². The molecule has 0 aliphatic heterocycles. The highest BCUT2D eigenvalue weighted by molar-refractivity contribution is 7.16. The molecule has 1 heterocycles. The maximum absolute atomic E-state index is 5.64. The Labute approximate surface area is 81.1 Å². The van der Waals surface area contributed by atoms with Crippen LogP contribution < -0.4 is 10.5 Å². The van der Waals surface area contributed by atoms with E-state index < -0.39 is 0 Å². The monoisotopic (exact) mass is 199 g/mol. The molecule has 0 amide bonds. The van der Waals surface area contributed by atoms with Crippen LogP contribution >= 0.6 is 11.3 Å². The van der Waals surface area contributed by atoms with Gasteiger partial charge in [0.15, 0.2) is 0 Å². The van der Waals surface area contributed by atoms with Crippen molar-refractivity contribution in [3.63, 3.8) is 0 Å². The third-order valence-corrected chi connectivity index (χ3v) is 2.89. The van der Waals surface area contributed by atoms with Crippen molar-refractivity contribution in [2.75, 3.05) is 5.73 Å². The van der Waals surface area contributed by atoms with Crippen molar-refractivity contribution < 1.29 is 4.74 Å². The molecule has 0 unspecified atom stereocenters. The summed E-state index contributed by atoms with van der Waals surface area (Å²) in [5, 5.41) is 8.63. The fraction of sp³-hybridized carbons (Fsp3) is 0.750. The molecule has 1 aliphatic rings. The average molecular weight is 199 g/mol. The zero-order chi connectivity index (χ0) is 9.10. The lowest BCUT2D eigenvalue weighted by atomic mass is 9.98. The normalized spacial score (nSPS) is 18.8. The van der Waals surface area contributed by atoms with E-state index >= 15 is 0 Å². The minimum absolute atomic E-state index is 0.334. The molecule has 2 rings (SSSR count). The molecule has 1 aliphatic carbocycles. The molecule has 1 fully saturated rings. The Balaban J connectivity index is 1.89. The van der Waals surface area contributed by atoms with E-state index in [1.807, 2.05) is 0 Å². The topological polar surface area (TPSA) is 61.0 Å². The van der Waals surface area contributed by atoms with E-state index in [0.29, 0.717) is 16.4 Å². The first-order valence-electron chi connectivity index (χ1n) is 4.60. The van der Waals surface area contributed by atoms with Crippen LogP contribution in [0.15, 0.2) is 0 Å². The van der Waals surface area contributed by atoms with Gasteiger partial charge in [-0.25, -0.2) is 0 Å². The van der Waals surface area contributed by atoms with Crippen molar-refractivity contribution in [2.24, 2.45) is 0 Å². The molecule has 0 aromatic carbocycles. The van der Waals surface area contributed by atoms with Crippen LogP contribution in [-0.2, 0) is 0 Å². The number of hydrogen-bond acceptors (Lipinski definition) is 5. The summed E-state index contributed by atoms with van der Waals surface area (Å²) in [6.45, 7) is 0. The lowest BCUT2D eigenvalue weighted by Crippen LogP contribution is -2.19. The fourth-order valence-electron chi connectivity index (χ4n) is 1.59. The van der Waals surface area contributed by atoms with Gasteiger partial charge in [-0.15, -0.1) is 5.10 Å². The Hall–Kier alpha value is -0.840. The minimum atomic E-state index is 0.334. The predicted molar refractivity (Wildman–Crippen MR) is 51.8 cm³/mol. The van der Waals surface area contributed by atoms with Gasteiger partial charge in [0.25, 0.3) is 5.19 Å². The highest BCUT2D eigenvalue weighted by atomic mass is 32.1. The lowest BCUT2D eigenvalue weighted by molar-refractivity contribution is 0.153. The molecule has 0 radical (unpaired) electrons. The second-order valence-electron chi connectivity index (χ2n) is 3.28. The standard InChI is InChI=1S/C8H13N3OS/c9-7-10-11-8(13-7)12-6-4-2-1-3-5-6/h6H,1-5H2,(H2,9,10). The van der Waals surface area contributed by atoms with Crippen molar-refractivity contribution in [1.29, 1.82) is 0 Å². The van der Waals surface area contributed by atoms with Crippen LogP contribution in [0.2, 0.25) is 0 Å². The summed E-state index contributed by atoms with van der Waals surface area (Å²) in [6, 6.07) is 0. The molecule has 5 heteroatoms. The summed E-state index contributed by atoms with van der Waals surface area (Å²) in [4.78, 5) is 0. The average Bonchev–Trinajstić information content (AvgIpc) is 2.53. The SMILES string of the molecule is Nc1nnc(OC2CCCCC2)s1. The Bertz CT molecular complexity index is 270. The van der Waals surface area contributed by atoms with E-state index in [1.54, 1.807) is 0 Å². The zero-order valence-electron chi connectivity index (χ0n) is 7.40. The number of aromatic nitrogens is 2. The van der Waals surface area contributed by atoms with Crippen molar-refractivity contribution in [2.45, 2.75) is 38.2 Å². The molecule has 72 valence electrons. The Morgan fingerprint density at radius 3 is 2.62 bits per heavy atom. The van der Waals surface area contributed by atoms with E-state index in [2.05, 4.69) is 10.2 Å². The van der Waals surface area contributed by atoms with Gasteiger partial charge in [0.1, 0.15) is 6.10 Å². The molecule has 0 spiro atoms. The molecular weight excluding hydrogens is 186 g/mol. The molecule has 4 nitrogen and oxygen atoms in total. The third-order valence-electron chi connectivity index (χ3n) is 2.24. The highest BCUT2D eigenvalue weighted by Crippen LogP contribution is 2.26. The fourth-order valence-corrected chi connectivity index (χ4v) is 2.12. The van der Waals surface area contributed by atoms with Gasteiger partial charge in [-0.3, -0.25) is 0 Å². The van der Waals surface area contributed by atoms with E-state index in [-0.39, 0.29) is 0 Å². The van der Waals surface area contributed by atoms with E-state index in [0.717, 1.165) is 12.8 Å². The second kappa shape index (κ2) is 3.91. The Morgan fingerprint density at radius 1 is 1.23 bits per heavy atom. The number of hydrogen-bond donors (Lipinski definition) is 1. The maximum Gasteiger partial charge on any atom is 0.296 e. The predicted octanol–water partition coefficient (Wildman–Crippen LogP) is 1.83. The molecule has 0 atom stereocenters. The first-order chi connectivity index (χ1) is 6.34. The highest BCUT2D eigenvalue weighted by Gasteiger charge is 2.16. The van der Waals surface area contributed by atoms with Crippen molar-refractivity contribution in [3.8, 4) is 5.19 Å². The van der Waals surface area contributed by atoms with Crippen LogP contribution in [-0.4, -0.2) is 16.3 Å². The van der Waals surface area contributed by atoms with E-state index in [1.165, 1.54) is 30.6 Å². The van der Waals surface area contributed by atoms with Crippen LogP contribution in [0.25, 0.3) is 0 Å². The number of anilines is 1. The van der Waals surface area contributed by atoms with Gasteiger partial charge >= 0.3 is 0 Å². The molecule has 1 aromatic heterocycles. The molecular formula is C8H13N3OS. The Morgan fingerprint density at radius 2 is 2.00 bits per heavy atom. The smallest absolute Gasteiger partial charge is 0.296 e. The first-order valence-corrected chi connectivity index (χ1v) is 5.42. The molecule has 1 saturated carbocycles. The molecule has 1 aromatic rings. The van der Waals surface area contributed by atoms with Crippen LogP contribution in [0, 0.1) is 0 Å². The van der Waals surface area contributed by atoms with Gasteiger partial charge < -0.3 is 10.5 Å². The largest absolute Gasteiger partial charge is 0.466 e. The quantitative estimate of drug-likeness (QED) is 0.789. The van der Waals surface area contributed by atoms with Gasteiger partial charge in [0, 0.05) is 0 Å². The van der Waals surface area contributed by atoms with Crippen molar-refractivity contribution >= 4 is 16.5 Å². The molecule has 0 bridgehead atoms. The number of nitrogens with zero attached hydrogens (tertiary/aromatic N) is 2. The maximum atomic E-state index is 5.64. The van der Waals surface area contributed by atoms with Gasteiger partial charge in [0.05, 0.1) is 0 Å². The zero-order valence-corrected chi connectivity index (χ0v) is 8.22. The third kappa shape index (κ3) is 2.30. The van der Waals surface area contributed by atoms with E-state index in [9.17, 15) is 0 Å². The molecule has 13 heavy (non-hydrogen) atoms. The summed E-state index contributed by atoms with van der Waals surface area (Å²) in [5.74, 6) is 0. The van der Waals surface area contributed by atoms with Crippen LogP contribution in [0.5, 0.6) is 5.19 Å². The summed E-state index contributed by atoms with van der Waals surface area (Å²) in [5.41, 5.74) is 5.45. The number of rotatable bonds is 2. The second-order valence-corrected chi connectivity index (χ2v) is 4.26. The Kier molecular flexibility index (Phi) is 2.63. The van der Waals surface area contributed by atoms with Crippen molar-refractivity contribution in [1.82, 2.24) is 10.2 Å². The first kappa shape index (κ1) is 8.74. The number of ether oxygens (including phenoxy) is 1. The van der Waals surface area contributed by atoms with Gasteiger partial charge in [-0.1, -0.05) is 11.5 Å². The molecule has 0 saturated heterocycles. The number of nitrogens with two attached hydrogens (primary N) is 1. The summed E-state index contributed by atoms with van der Waals surface area (Å²) >= 11 is 1.31. The van der Waals surface area contributed by atoms with E-state index in [4.69, 9.17) is 10.5 Å².